The van der Waals surface area contributed by atoms with Crippen LogP contribution >= 0.6 is 0 Å². The van der Waals surface area contributed by atoms with Gasteiger partial charge in [-0.3, -0.25) is 9.59 Å². The first-order valence-corrected chi connectivity index (χ1v) is 10.5. The standard InChI is InChI=1S/C18H25N3O4S/c1-3-19-26(24,25)15-7-4-13(2)16(12-15)18(23)21-10-8-20(9-11-21)17(22)14-5-6-14/h4,7,12,14,19H,3,5-6,8-11H2,1-2H3. The Hall–Kier alpha value is -1.93. The molecule has 8 heteroatoms. The Bertz CT molecular complexity index is 810. The monoisotopic (exact) mass is 379 g/mol. The number of benzene rings is 1. The van der Waals surface area contributed by atoms with Crippen LogP contribution in [0.25, 0.3) is 0 Å². The molecule has 1 N–H and O–H groups in total. The molecular formula is C18H25N3O4S. The molecule has 0 unspecified atom stereocenters. The van der Waals surface area contributed by atoms with Gasteiger partial charge in [-0.25, -0.2) is 13.1 Å². The van der Waals surface area contributed by atoms with Gasteiger partial charge in [0.05, 0.1) is 4.90 Å². The van der Waals surface area contributed by atoms with Crippen LogP contribution in [0.4, 0.5) is 0 Å². The van der Waals surface area contributed by atoms with E-state index in [9.17, 15) is 18.0 Å². The van der Waals surface area contributed by atoms with E-state index in [1.807, 2.05) is 4.90 Å². The van der Waals surface area contributed by atoms with Gasteiger partial charge in [-0.15, -0.1) is 0 Å². The molecule has 26 heavy (non-hydrogen) atoms. The number of carbonyl (C=O) groups is 2. The average molecular weight is 379 g/mol. The summed E-state index contributed by atoms with van der Waals surface area (Å²) in [6, 6.07) is 4.61. The zero-order valence-corrected chi connectivity index (χ0v) is 16.0. The van der Waals surface area contributed by atoms with Crippen LogP contribution in [0.5, 0.6) is 0 Å². The van der Waals surface area contributed by atoms with Crippen LogP contribution in [0.1, 0.15) is 35.7 Å². The van der Waals surface area contributed by atoms with Gasteiger partial charge in [-0.05, 0) is 37.5 Å². The average Bonchev–Trinajstić information content (AvgIpc) is 3.46. The molecule has 142 valence electrons. The van der Waals surface area contributed by atoms with Crippen molar-refractivity contribution < 1.29 is 18.0 Å². The molecule has 1 saturated carbocycles. The van der Waals surface area contributed by atoms with E-state index < -0.39 is 10.0 Å². The van der Waals surface area contributed by atoms with E-state index in [0.717, 1.165) is 18.4 Å². The molecule has 2 aliphatic rings. The summed E-state index contributed by atoms with van der Waals surface area (Å²) in [5, 5.41) is 0. The molecule has 1 heterocycles. The number of nitrogens with zero attached hydrogens (tertiary/aromatic N) is 2. The second-order valence-electron chi connectivity index (χ2n) is 6.87. The molecule has 1 aromatic carbocycles. The van der Waals surface area contributed by atoms with Crippen LogP contribution in [-0.2, 0) is 14.8 Å². The summed E-state index contributed by atoms with van der Waals surface area (Å²) >= 11 is 0. The Morgan fingerprint density at radius 3 is 2.31 bits per heavy atom. The molecule has 0 radical (unpaired) electrons. The maximum absolute atomic E-state index is 12.9. The highest BCUT2D eigenvalue weighted by molar-refractivity contribution is 7.89. The zero-order chi connectivity index (χ0) is 18.9. The Morgan fingerprint density at radius 2 is 1.73 bits per heavy atom. The Labute approximate surface area is 154 Å². The van der Waals surface area contributed by atoms with E-state index in [1.54, 1.807) is 24.8 Å². The highest BCUT2D eigenvalue weighted by atomic mass is 32.2. The summed E-state index contributed by atoms with van der Waals surface area (Å²) in [5.41, 5.74) is 1.13. The van der Waals surface area contributed by atoms with Crippen molar-refractivity contribution in [2.24, 2.45) is 5.92 Å². The van der Waals surface area contributed by atoms with Gasteiger partial charge in [0.25, 0.3) is 5.91 Å². The van der Waals surface area contributed by atoms with Gasteiger partial charge >= 0.3 is 0 Å². The SMILES string of the molecule is CCNS(=O)(=O)c1ccc(C)c(C(=O)N2CCN(C(=O)C3CC3)CC2)c1. The van der Waals surface area contributed by atoms with Gasteiger partial charge in [0.15, 0.2) is 0 Å². The molecule has 7 nitrogen and oxygen atoms in total. The Balaban J connectivity index is 1.72. The number of amides is 2. The summed E-state index contributed by atoms with van der Waals surface area (Å²) in [4.78, 5) is 28.6. The molecular weight excluding hydrogens is 354 g/mol. The summed E-state index contributed by atoms with van der Waals surface area (Å²) in [5.74, 6) is 0.203. The second kappa shape index (κ2) is 7.36. The smallest absolute Gasteiger partial charge is 0.254 e. The molecule has 0 spiro atoms. The first-order chi connectivity index (χ1) is 12.3. The summed E-state index contributed by atoms with van der Waals surface area (Å²) in [7, 11) is -3.61. The first-order valence-electron chi connectivity index (χ1n) is 9.02. The van der Waals surface area contributed by atoms with Gasteiger partial charge in [-0.2, -0.15) is 0 Å². The number of carbonyl (C=O) groups excluding carboxylic acids is 2. The number of hydrogen-bond acceptors (Lipinski definition) is 4. The molecule has 2 fully saturated rings. The molecule has 3 rings (SSSR count). The van der Waals surface area contributed by atoms with Crippen molar-refractivity contribution in [3.05, 3.63) is 29.3 Å². The molecule has 0 atom stereocenters. The van der Waals surface area contributed by atoms with Gasteiger partial charge in [0, 0.05) is 44.2 Å². The lowest BCUT2D eigenvalue weighted by Gasteiger charge is -2.35. The molecule has 1 aliphatic heterocycles. The number of hydrogen-bond donors (Lipinski definition) is 1. The fourth-order valence-electron chi connectivity index (χ4n) is 3.16. The fourth-order valence-corrected chi connectivity index (χ4v) is 4.23. The summed E-state index contributed by atoms with van der Waals surface area (Å²) in [6.07, 6.45) is 1.95. The van der Waals surface area contributed by atoms with E-state index in [4.69, 9.17) is 0 Å². The van der Waals surface area contributed by atoms with E-state index >= 15 is 0 Å². The van der Waals surface area contributed by atoms with Crippen LogP contribution in [0.15, 0.2) is 23.1 Å². The lowest BCUT2D eigenvalue weighted by molar-refractivity contribution is -0.134. The van der Waals surface area contributed by atoms with Crippen molar-refractivity contribution >= 4 is 21.8 Å². The number of nitrogens with one attached hydrogen (secondary N) is 1. The van der Waals surface area contributed by atoms with Gasteiger partial charge in [-0.1, -0.05) is 13.0 Å². The van der Waals surface area contributed by atoms with Crippen LogP contribution in [0.3, 0.4) is 0 Å². The fraction of sp³-hybridized carbons (Fsp3) is 0.556. The molecule has 1 saturated heterocycles. The quantitative estimate of drug-likeness (QED) is 0.826. The largest absolute Gasteiger partial charge is 0.339 e. The minimum absolute atomic E-state index is 0.0934. The maximum Gasteiger partial charge on any atom is 0.254 e. The van der Waals surface area contributed by atoms with Gasteiger partial charge in [0.1, 0.15) is 0 Å². The topological polar surface area (TPSA) is 86.8 Å². The third-order valence-electron chi connectivity index (χ3n) is 4.89. The Morgan fingerprint density at radius 1 is 1.12 bits per heavy atom. The van der Waals surface area contributed by atoms with Crippen LogP contribution in [0, 0.1) is 12.8 Å². The van der Waals surface area contributed by atoms with E-state index in [-0.39, 0.29) is 29.2 Å². The van der Waals surface area contributed by atoms with E-state index in [0.29, 0.717) is 31.7 Å². The van der Waals surface area contributed by atoms with Crippen LogP contribution in [-0.4, -0.2) is 62.8 Å². The van der Waals surface area contributed by atoms with Crippen LogP contribution < -0.4 is 4.72 Å². The highest BCUT2D eigenvalue weighted by Crippen LogP contribution is 2.31. The van der Waals surface area contributed by atoms with Crippen molar-refractivity contribution in [3.8, 4) is 0 Å². The van der Waals surface area contributed by atoms with Crippen molar-refractivity contribution in [3.63, 3.8) is 0 Å². The lowest BCUT2D eigenvalue weighted by Crippen LogP contribution is -2.51. The Kier molecular flexibility index (Phi) is 5.34. The first kappa shape index (κ1) is 18.8. The van der Waals surface area contributed by atoms with Crippen molar-refractivity contribution in [2.45, 2.75) is 31.6 Å². The lowest BCUT2D eigenvalue weighted by atomic mass is 10.1. The highest BCUT2D eigenvalue weighted by Gasteiger charge is 2.35. The molecule has 0 bridgehead atoms. The summed E-state index contributed by atoms with van der Waals surface area (Å²) < 4.78 is 26.8. The van der Waals surface area contributed by atoms with Gasteiger partial charge in [0.2, 0.25) is 15.9 Å². The number of sulfonamides is 1. The predicted octanol–water partition coefficient (Wildman–Crippen LogP) is 0.988. The zero-order valence-electron chi connectivity index (χ0n) is 15.2. The number of piperazine rings is 1. The number of rotatable bonds is 5. The minimum Gasteiger partial charge on any atom is -0.339 e. The molecule has 1 aromatic rings. The van der Waals surface area contributed by atoms with Gasteiger partial charge < -0.3 is 9.80 Å². The number of aryl methyl sites for hydroxylation is 1. The molecule has 0 aromatic heterocycles. The van der Waals surface area contributed by atoms with Crippen molar-refractivity contribution in [1.82, 2.24) is 14.5 Å². The predicted molar refractivity (Wildman–Crippen MR) is 97.2 cm³/mol. The van der Waals surface area contributed by atoms with E-state index in [1.165, 1.54) is 12.1 Å². The van der Waals surface area contributed by atoms with Crippen LogP contribution in [0.2, 0.25) is 0 Å². The third kappa shape index (κ3) is 3.91. The van der Waals surface area contributed by atoms with E-state index in [2.05, 4.69) is 4.72 Å². The maximum atomic E-state index is 12.9. The summed E-state index contributed by atoms with van der Waals surface area (Å²) in [6.45, 7) is 5.81. The third-order valence-corrected chi connectivity index (χ3v) is 6.43. The second-order valence-corrected chi connectivity index (χ2v) is 8.64. The van der Waals surface area contributed by atoms with Crippen molar-refractivity contribution in [2.75, 3.05) is 32.7 Å². The van der Waals surface area contributed by atoms with Crippen molar-refractivity contribution in [1.29, 1.82) is 0 Å². The normalized spacial score (nSPS) is 18.1. The molecule has 1 aliphatic carbocycles. The molecule has 2 amide bonds. The minimum atomic E-state index is -3.61.